The Bertz CT molecular complexity index is 449. The molecule has 0 radical (unpaired) electrons. The molecule has 0 aliphatic rings. The summed E-state index contributed by atoms with van der Waals surface area (Å²) >= 11 is 0. The van der Waals surface area contributed by atoms with Crippen molar-refractivity contribution in [2.24, 2.45) is 0 Å². The first-order valence-electron chi connectivity index (χ1n) is 6.85. The van der Waals surface area contributed by atoms with E-state index in [1.807, 2.05) is 32.0 Å². The highest BCUT2D eigenvalue weighted by Gasteiger charge is 2.29. The van der Waals surface area contributed by atoms with E-state index >= 15 is 0 Å². The fourth-order valence-electron chi connectivity index (χ4n) is 1.96. The molecule has 0 aromatic heterocycles. The van der Waals surface area contributed by atoms with Gasteiger partial charge in [-0.1, -0.05) is 17.7 Å². The van der Waals surface area contributed by atoms with Gasteiger partial charge in [-0.3, -0.25) is 0 Å². The molecular weight excluding hydrogens is 283 g/mol. The number of hydrogen-bond donors (Lipinski definition) is 2. The van der Waals surface area contributed by atoms with E-state index in [1.54, 1.807) is 0 Å². The molecule has 0 fully saturated rings. The Kier molecular flexibility index (Phi) is 6.48. The lowest BCUT2D eigenvalue weighted by molar-refractivity contribution is -0.139. The summed E-state index contributed by atoms with van der Waals surface area (Å²) in [6.45, 7) is 5.40. The van der Waals surface area contributed by atoms with Gasteiger partial charge in [0.05, 0.1) is 6.42 Å². The maximum Gasteiger partial charge on any atom is 0.390 e. The van der Waals surface area contributed by atoms with Crippen LogP contribution >= 0.6 is 0 Å². The fraction of sp³-hybridized carbons (Fsp3) is 0.600. The summed E-state index contributed by atoms with van der Waals surface area (Å²) in [5, 5.41) is 12.4. The maximum atomic E-state index is 12.1. The Balaban J connectivity index is 2.32. The molecule has 2 atom stereocenters. The summed E-state index contributed by atoms with van der Waals surface area (Å²) in [6.07, 6.45) is -5.98. The number of aliphatic hydroxyl groups excluding tert-OH is 1. The van der Waals surface area contributed by atoms with E-state index in [1.165, 1.54) is 6.92 Å². The van der Waals surface area contributed by atoms with Gasteiger partial charge in [0.2, 0.25) is 0 Å². The molecule has 21 heavy (non-hydrogen) atoms. The lowest BCUT2D eigenvalue weighted by atomic mass is 10.1. The van der Waals surface area contributed by atoms with Crippen molar-refractivity contribution < 1.29 is 23.0 Å². The number of hydrogen-bond acceptors (Lipinski definition) is 3. The molecule has 2 N–H and O–H groups in total. The number of nitrogens with one attached hydrogen (secondary N) is 1. The normalized spacial score (nSPS) is 14.8. The predicted molar refractivity (Wildman–Crippen MR) is 75.6 cm³/mol. The third kappa shape index (κ3) is 7.34. The fourth-order valence-corrected chi connectivity index (χ4v) is 1.96. The van der Waals surface area contributed by atoms with Crippen LogP contribution in [0.4, 0.5) is 13.2 Å². The van der Waals surface area contributed by atoms with Crippen molar-refractivity contribution in [3.8, 4) is 5.75 Å². The Morgan fingerprint density at radius 2 is 1.95 bits per heavy atom. The zero-order chi connectivity index (χ0) is 16.0. The van der Waals surface area contributed by atoms with Gasteiger partial charge in [0.15, 0.2) is 0 Å². The molecule has 3 nitrogen and oxygen atoms in total. The smallest absolute Gasteiger partial charge is 0.390 e. The highest BCUT2D eigenvalue weighted by molar-refractivity contribution is 5.35. The minimum absolute atomic E-state index is 0.0373. The lowest BCUT2D eigenvalue weighted by Gasteiger charge is -2.19. The first kappa shape index (κ1) is 17.8. The van der Waals surface area contributed by atoms with Crippen molar-refractivity contribution in [3.05, 3.63) is 29.3 Å². The average Bonchev–Trinajstić information content (AvgIpc) is 2.33. The van der Waals surface area contributed by atoms with E-state index in [-0.39, 0.29) is 13.2 Å². The van der Waals surface area contributed by atoms with Gasteiger partial charge < -0.3 is 15.2 Å². The SMILES string of the molecule is Cc1ccc(OC[C@H](O)CN[C@@H](C)CC(F)(F)F)c(C)c1. The molecule has 0 saturated heterocycles. The molecule has 1 aromatic carbocycles. The van der Waals surface area contributed by atoms with E-state index < -0.39 is 24.7 Å². The highest BCUT2D eigenvalue weighted by Crippen LogP contribution is 2.21. The number of halogens is 3. The van der Waals surface area contributed by atoms with Gasteiger partial charge >= 0.3 is 6.18 Å². The van der Waals surface area contributed by atoms with Crippen molar-refractivity contribution in [1.29, 1.82) is 0 Å². The van der Waals surface area contributed by atoms with E-state index in [0.29, 0.717) is 5.75 Å². The van der Waals surface area contributed by atoms with E-state index in [9.17, 15) is 18.3 Å². The lowest BCUT2D eigenvalue weighted by Crippen LogP contribution is -2.38. The first-order valence-corrected chi connectivity index (χ1v) is 6.85. The van der Waals surface area contributed by atoms with E-state index in [2.05, 4.69) is 5.32 Å². The van der Waals surface area contributed by atoms with Crippen LogP contribution in [0.15, 0.2) is 18.2 Å². The molecule has 0 unspecified atom stereocenters. The number of rotatable bonds is 7. The topological polar surface area (TPSA) is 41.5 Å². The average molecular weight is 305 g/mol. The molecule has 1 rings (SSSR count). The van der Waals surface area contributed by atoms with Crippen LogP contribution in [0.2, 0.25) is 0 Å². The molecule has 0 heterocycles. The van der Waals surface area contributed by atoms with Crippen LogP contribution in [-0.2, 0) is 0 Å². The molecule has 6 heteroatoms. The van der Waals surface area contributed by atoms with Gasteiger partial charge in [0.1, 0.15) is 18.5 Å². The van der Waals surface area contributed by atoms with Crippen LogP contribution < -0.4 is 10.1 Å². The summed E-state index contributed by atoms with van der Waals surface area (Å²) in [6, 6.07) is 4.95. The molecule has 0 amide bonds. The van der Waals surface area contributed by atoms with Crippen LogP contribution in [0.25, 0.3) is 0 Å². The van der Waals surface area contributed by atoms with Gasteiger partial charge in [0, 0.05) is 12.6 Å². The highest BCUT2D eigenvalue weighted by atomic mass is 19.4. The molecule has 0 aliphatic carbocycles. The van der Waals surface area contributed by atoms with Crippen molar-refractivity contribution in [2.75, 3.05) is 13.2 Å². The van der Waals surface area contributed by atoms with Crippen molar-refractivity contribution in [1.82, 2.24) is 5.32 Å². The van der Waals surface area contributed by atoms with Crippen LogP contribution in [-0.4, -0.2) is 36.6 Å². The Hall–Kier alpha value is -1.27. The first-order chi connectivity index (χ1) is 9.67. The third-order valence-electron chi connectivity index (χ3n) is 3.00. The number of aryl methyl sites for hydroxylation is 2. The summed E-state index contributed by atoms with van der Waals surface area (Å²) in [5.41, 5.74) is 2.07. The maximum absolute atomic E-state index is 12.1. The van der Waals surface area contributed by atoms with Gasteiger partial charge in [-0.15, -0.1) is 0 Å². The van der Waals surface area contributed by atoms with Crippen molar-refractivity contribution in [2.45, 2.75) is 45.5 Å². The van der Waals surface area contributed by atoms with Crippen LogP contribution in [0.1, 0.15) is 24.5 Å². The van der Waals surface area contributed by atoms with E-state index in [0.717, 1.165) is 11.1 Å². The second-order valence-corrected chi connectivity index (χ2v) is 5.36. The molecule has 120 valence electrons. The second kappa shape index (κ2) is 7.66. The monoisotopic (exact) mass is 305 g/mol. The van der Waals surface area contributed by atoms with Crippen molar-refractivity contribution >= 4 is 0 Å². The number of aliphatic hydroxyl groups is 1. The van der Waals surface area contributed by atoms with E-state index in [4.69, 9.17) is 4.74 Å². The molecule has 0 bridgehead atoms. The zero-order valence-corrected chi connectivity index (χ0v) is 12.5. The second-order valence-electron chi connectivity index (χ2n) is 5.36. The van der Waals surface area contributed by atoms with Gasteiger partial charge in [-0.25, -0.2) is 0 Å². The number of ether oxygens (including phenoxy) is 1. The number of benzene rings is 1. The predicted octanol–water partition coefficient (Wildman–Crippen LogP) is 2.97. The standard InChI is InChI=1S/C15H22F3NO2/c1-10-4-5-14(11(2)6-10)21-9-13(20)8-19-12(3)7-15(16,17)18/h4-6,12-13,19-20H,7-9H2,1-3H3/t12-,13+/m0/s1. The molecule has 0 spiro atoms. The van der Waals surface area contributed by atoms with Crippen LogP contribution in [0, 0.1) is 13.8 Å². The van der Waals surface area contributed by atoms with Crippen LogP contribution in [0.3, 0.4) is 0 Å². The zero-order valence-electron chi connectivity index (χ0n) is 12.5. The third-order valence-corrected chi connectivity index (χ3v) is 3.00. The Morgan fingerprint density at radius 3 is 2.52 bits per heavy atom. The Morgan fingerprint density at radius 1 is 1.29 bits per heavy atom. The molecule has 0 aliphatic heterocycles. The van der Waals surface area contributed by atoms with Gasteiger partial charge in [-0.05, 0) is 32.4 Å². The molecule has 0 saturated carbocycles. The summed E-state index contributed by atoms with van der Waals surface area (Å²) < 4.78 is 41.9. The van der Waals surface area contributed by atoms with Gasteiger partial charge in [0.25, 0.3) is 0 Å². The summed E-state index contributed by atoms with van der Waals surface area (Å²) in [7, 11) is 0. The van der Waals surface area contributed by atoms with Gasteiger partial charge in [-0.2, -0.15) is 13.2 Å². The summed E-state index contributed by atoms with van der Waals surface area (Å²) in [5.74, 6) is 0.669. The largest absolute Gasteiger partial charge is 0.491 e. The minimum Gasteiger partial charge on any atom is -0.491 e. The molecule has 1 aromatic rings. The minimum atomic E-state index is -4.20. The number of alkyl halides is 3. The Labute approximate surface area is 123 Å². The summed E-state index contributed by atoms with van der Waals surface area (Å²) in [4.78, 5) is 0. The molecular formula is C15H22F3NO2. The van der Waals surface area contributed by atoms with Crippen molar-refractivity contribution in [3.63, 3.8) is 0 Å². The quantitative estimate of drug-likeness (QED) is 0.814. The van der Waals surface area contributed by atoms with Crippen LogP contribution in [0.5, 0.6) is 5.75 Å².